The molecule has 30 heavy (non-hydrogen) atoms. The minimum absolute atomic E-state index is 0.0608. The summed E-state index contributed by atoms with van der Waals surface area (Å²) in [4.78, 5) is 27.6. The van der Waals surface area contributed by atoms with Gasteiger partial charge in [0.1, 0.15) is 5.66 Å². The molecule has 5 rings (SSSR count). The Balaban J connectivity index is 1.25. The fourth-order valence-corrected chi connectivity index (χ4v) is 5.07. The molecule has 2 N–H and O–H groups in total. The van der Waals surface area contributed by atoms with Gasteiger partial charge in [-0.1, -0.05) is 42.5 Å². The first kappa shape index (κ1) is 19.1. The highest BCUT2D eigenvalue weighted by Gasteiger charge is 2.53. The van der Waals surface area contributed by atoms with Crippen LogP contribution in [0.2, 0.25) is 0 Å². The Kier molecular flexibility index (Phi) is 4.54. The van der Waals surface area contributed by atoms with Crippen LogP contribution in [0.5, 0.6) is 0 Å². The summed E-state index contributed by atoms with van der Waals surface area (Å²) in [6.45, 7) is 3.76. The first-order valence-electron chi connectivity index (χ1n) is 10.7. The molecule has 3 aliphatic heterocycles. The van der Waals surface area contributed by atoms with E-state index < -0.39 is 5.66 Å². The molecule has 6 nitrogen and oxygen atoms in total. The van der Waals surface area contributed by atoms with Gasteiger partial charge in [-0.15, -0.1) is 0 Å². The molecule has 3 aliphatic rings. The van der Waals surface area contributed by atoms with E-state index in [0.29, 0.717) is 31.7 Å². The van der Waals surface area contributed by atoms with Gasteiger partial charge in [0.25, 0.3) is 5.91 Å². The number of fused-ring (bicyclic) bond motifs is 1. The summed E-state index contributed by atoms with van der Waals surface area (Å²) in [5.74, 6) is -0.0389. The van der Waals surface area contributed by atoms with Gasteiger partial charge < -0.3 is 20.3 Å². The van der Waals surface area contributed by atoms with Crippen LogP contribution in [-0.2, 0) is 9.53 Å². The van der Waals surface area contributed by atoms with Crippen LogP contribution >= 0.6 is 0 Å². The lowest BCUT2D eigenvalue weighted by molar-refractivity contribution is -0.137. The van der Waals surface area contributed by atoms with E-state index in [1.807, 2.05) is 66.4 Å². The van der Waals surface area contributed by atoms with Crippen molar-refractivity contribution in [3.63, 3.8) is 0 Å². The lowest BCUT2D eigenvalue weighted by Gasteiger charge is -2.41. The second kappa shape index (κ2) is 7.13. The average molecular weight is 405 g/mol. The van der Waals surface area contributed by atoms with Gasteiger partial charge in [-0.25, -0.2) is 0 Å². The third kappa shape index (κ3) is 3.25. The Morgan fingerprint density at radius 1 is 1.03 bits per heavy atom. The van der Waals surface area contributed by atoms with Gasteiger partial charge >= 0.3 is 0 Å². The highest BCUT2D eigenvalue weighted by Crippen LogP contribution is 2.43. The van der Waals surface area contributed by atoms with Gasteiger partial charge in [0.2, 0.25) is 5.91 Å². The zero-order valence-corrected chi connectivity index (χ0v) is 17.2. The van der Waals surface area contributed by atoms with Crippen LogP contribution in [0.3, 0.4) is 0 Å². The number of benzene rings is 2. The standard InChI is InChI=1S/C24H27N3O3/c1-17(18-7-3-2-4-8-18)22(29)27-13-11-23(12-14-27)15-24(16-30-23)25-20-10-6-5-9-19(20)21(28)26-24/h2-10,17,25H,11-16H2,1H3,(H,26,28). The number of amides is 2. The Morgan fingerprint density at radius 3 is 2.50 bits per heavy atom. The van der Waals surface area contributed by atoms with E-state index in [4.69, 9.17) is 4.74 Å². The summed E-state index contributed by atoms with van der Waals surface area (Å²) in [7, 11) is 0. The average Bonchev–Trinajstić information content (AvgIpc) is 3.10. The number of carbonyl (C=O) groups is 2. The second-order valence-electron chi connectivity index (χ2n) is 8.81. The van der Waals surface area contributed by atoms with E-state index in [9.17, 15) is 9.59 Å². The van der Waals surface area contributed by atoms with Crippen molar-refractivity contribution in [3.05, 3.63) is 65.7 Å². The Morgan fingerprint density at radius 2 is 1.73 bits per heavy atom. The number of carbonyl (C=O) groups excluding carboxylic acids is 2. The van der Waals surface area contributed by atoms with Gasteiger partial charge in [0, 0.05) is 25.2 Å². The number of rotatable bonds is 2. The molecule has 2 aromatic rings. The van der Waals surface area contributed by atoms with Crippen LogP contribution in [0.4, 0.5) is 5.69 Å². The maximum Gasteiger partial charge on any atom is 0.255 e. The van der Waals surface area contributed by atoms with Crippen molar-refractivity contribution >= 4 is 17.5 Å². The van der Waals surface area contributed by atoms with Crippen molar-refractivity contribution < 1.29 is 14.3 Å². The van der Waals surface area contributed by atoms with E-state index in [0.717, 1.165) is 24.1 Å². The first-order chi connectivity index (χ1) is 14.5. The number of piperidine rings is 1. The van der Waals surface area contributed by atoms with Crippen molar-refractivity contribution in [1.29, 1.82) is 0 Å². The Labute approximate surface area is 176 Å². The predicted octanol–water partition coefficient (Wildman–Crippen LogP) is 3.12. The fourth-order valence-electron chi connectivity index (χ4n) is 5.07. The molecule has 0 aliphatic carbocycles. The molecule has 2 aromatic carbocycles. The van der Waals surface area contributed by atoms with E-state index in [-0.39, 0.29) is 23.3 Å². The van der Waals surface area contributed by atoms with Crippen molar-refractivity contribution in [2.75, 3.05) is 25.0 Å². The number of anilines is 1. The summed E-state index contributed by atoms with van der Waals surface area (Å²) in [6, 6.07) is 17.5. The minimum atomic E-state index is -0.574. The molecule has 0 radical (unpaired) electrons. The van der Waals surface area contributed by atoms with Crippen LogP contribution < -0.4 is 10.6 Å². The van der Waals surface area contributed by atoms with Crippen LogP contribution in [0.15, 0.2) is 54.6 Å². The number of nitrogens with one attached hydrogen (secondary N) is 2. The SMILES string of the molecule is CC(C(=O)N1CCC2(CC1)CC1(CO2)NC(=O)c2ccccc2N1)c1ccccc1. The lowest BCUT2D eigenvalue weighted by Crippen LogP contribution is -2.59. The smallest absolute Gasteiger partial charge is 0.255 e. The van der Waals surface area contributed by atoms with Crippen LogP contribution in [0, 0.1) is 0 Å². The number of hydrogen-bond acceptors (Lipinski definition) is 4. The minimum Gasteiger partial charge on any atom is -0.370 e. The van der Waals surface area contributed by atoms with Gasteiger partial charge in [0.05, 0.1) is 23.7 Å². The van der Waals surface area contributed by atoms with Gasteiger partial charge in [-0.2, -0.15) is 0 Å². The van der Waals surface area contributed by atoms with E-state index >= 15 is 0 Å². The quantitative estimate of drug-likeness (QED) is 0.805. The molecule has 2 atom stereocenters. The third-order valence-electron chi connectivity index (χ3n) is 6.80. The molecular weight excluding hydrogens is 378 g/mol. The molecule has 6 heteroatoms. The highest BCUT2D eigenvalue weighted by molar-refractivity contribution is 6.02. The molecule has 2 unspecified atom stereocenters. The maximum atomic E-state index is 13.0. The molecule has 156 valence electrons. The highest BCUT2D eigenvalue weighted by atomic mass is 16.5. The van der Waals surface area contributed by atoms with Gasteiger partial charge in [-0.05, 0) is 37.5 Å². The Hall–Kier alpha value is -2.86. The summed E-state index contributed by atoms with van der Waals surface area (Å²) >= 11 is 0. The zero-order valence-electron chi connectivity index (χ0n) is 17.2. The van der Waals surface area contributed by atoms with Crippen molar-refractivity contribution in [1.82, 2.24) is 10.2 Å². The first-order valence-corrected chi connectivity index (χ1v) is 10.7. The third-order valence-corrected chi connectivity index (χ3v) is 6.80. The summed E-state index contributed by atoms with van der Waals surface area (Å²) in [5, 5.41) is 6.65. The van der Waals surface area contributed by atoms with E-state index in [2.05, 4.69) is 10.6 Å². The van der Waals surface area contributed by atoms with Crippen LogP contribution in [0.1, 0.15) is 48.0 Å². The monoisotopic (exact) mass is 405 g/mol. The molecular formula is C24H27N3O3. The second-order valence-corrected chi connectivity index (χ2v) is 8.81. The van der Waals surface area contributed by atoms with Gasteiger partial charge in [-0.3, -0.25) is 9.59 Å². The van der Waals surface area contributed by atoms with Crippen molar-refractivity contribution in [2.24, 2.45) is 0 Å². The number of likely N-dealkylation sites (tertiary alicyclic amines) is 1. The maximum absolute atomic E-state index is 13.0. The van der Waals surface area contributed by atoms with Crippen LogP contribution in [0.25, 0.3) is 0 Å². The number of ether oxygens (including phenoxy) is 1. The summed E-state index contributed by atoms with van der Waals surface area (Å²) < 4.78 is 6.30. The summed E-state index contributed by atoms with van der Waals surface area (Å²) in [5.41, 5.74) is 1.69. The van der Waals surface area contributed by atoms with Crippen molar-refractivity contribution in [2.45, 2.75) is 43.4 Å². The molecule has 0 bridgehead atoms. The van der Waals surface area contributed by atoms with Crippen LogP contribution in [-0.4, -0.2) is 47.7 Å². The number of hydrogen-bond donors (Lipinski definition) is 2. The zero-order chi connectivity index (χ0) is 20.8. The molecule has 2 saturated heterocycles. The molecule has 2 spiro atoms. The van der Waals surface area contributed by atoms with Crippen molar-refractivity contribution in [3.8, 4) is 0 Å². The molecule has 0 saturated carbocycles. The normalized spacial score (nSPS) is 25.5. The molecule has 0 aromatic heterocycles. The topological polar surface area (TPSA) is 70.7 Å². The largest absolute Gasteiger partial charge is 0.370 e. The predicted molar refractivity (Wildman–Crippen MR) is 114 cm³/mol. The summed E-state index contributed by atoms with van der Waals surface area (Å²) in [6.07, 6.45) is 2.26. The molecule has 2 fully saturated rings. The fraction of sp³-hybridized carbons (Fsp3) is 0.417. The number of para-hydroxylation sites is 1. The van der Waals surface area contributed by atoms with E-state index in [1.165, 1.54) is 0 Å². The lowest BCUT2D eigenvalue weighted by atomic mass is 9.84. The molecule has 3 heterocycles. The number of nitrogens with zero attached hydrogens (tertiary/aromatic N) is 1. The Bertz CT molecular complexity index is 969. The molecule has 2 amide bonds. The van der Waals surface area contributed by atoms with E-state index in [1.54, 1.807) is 0 Å². The van der Waals surface area contributed by atoms with Gasteiger partial charge in [0.15, 0.2) is 0 Å².